The maximum absolute atomic E-state index is 12.3. The van der Waals surface area contributed by atoms with Crippen LogP contribution >= 0.6 is 12.2 Å². The van der Waals surface area contributed by atoms with E-state index in [1.165, 1.54) is 0 Å². The SMILES string of the molecule is CCCN(CCO)C(=O)C(C)(CC)C(N)=S. The molecule has 94 valence electrons. The van der Waals surface area contributed by atoms with Gasteiger partial charge in [0.25, 0.3) is 0 Å². The molecule has 1 atom stereocenters. The van der Waals surface area contributed by atoms with Gasteiger partial charge in [0.2, 0.25) is 5.91 Å². The molecule has 3 N–H and O–H groups in total. The monoisotopic (exact) mass is 246 g/mol. The summed E-state index contributed by atoms with van der Waals surface area (Å²) in [5, 5.41) is 8.93. The quantitative estimate of drug-likeness (QED) is 0.656. The van der Waals surface area contributed by atoms with Crippen molar-refractivity contribution in [2.45, 2.75) is 33.6 Å². The van der Waals surface area contributed by atoms with Gasteiger partial charge < -0.3 is 15.7 Å². The Bertz CT molecular complexity index is 252. The number of rotatable bonds is 7. The van der Waals surface area contributed by atoms with E-state index < -0.39 is 5.41 Å². The zero-order chi connectivity index (χ0) is 12.8. The number of aliphatic hydroxyl groups excluding tert-OH is 1. The van der Waals surface area contributed by atoms with Crippen LogP contribution in [-0.2, 0) is 4.79 Å². The summed E-state index contributed by atoms with van der Waals surface area (Å²) in [5.41, 5.74) is 4.84. The van der Waals surface area contributed by atoms with Gasteiger partial charge in [-0.15, -0.1) is 0 Å². The molecule has 1 unspecified atom stereocenters. The molecule has 5 heteroatoms. The lowest BCUT2D eigenvalue weighted by molar-refractivity contribution is -0.138. The normalized spacial score (nSPS) is 14.2. The second kappa shape index (κ2) is 6.81. The minimum absolute atomic E-state index is 0.0388. The zero-order valence-electron chi connectivity index (χ0n) is 10.3. The van der Waals surface area contributed by atoms with Crippen LogP contribution in [0.15, 0.2) is 0 Å². The third-order valence-corrected chi connectivity index (χ3v) is 3.32. The average Bonchev–Trinajstić information content (AvgIpc) is 2.26. The molecule has 0 saturated heterocycles. The molecule has 0 aromatic carbocycles. The lowest BCUT2D eigenvalue weighted by Gasteiger charge is -2.32. The highest BCUT2D eigenvalue weighted by Gasteiger charge is 2.37. The van der Waals surface area contributed by atoms with E-state index in [9.17, 15) is 4.79 Å². The van der Waals surface area contributed by atoms with Crippen LogP contribution in [0.1, 0.15) is 33.6 Å². The lowest BCUT2D eigenvalue weighted by atomic mass is 9.85. The Morgan fingerprint density at radius 3 is 2.31 bits per heavy atom. The number of nitrogens with two attached hydrogens (primary N) is 1. The number of carbonyl (C=O) groups is 1. The number of carbonyl (C=O) groups excluding carboxylic acids is 1. The van der Waals surface area contributed by atoms with Gasteiger partial charge >= 0.3 is 0 Å². The molecule has 0 rings (SSSR count). The number of nitrogens with zero attached hydrogens (tertiary/aromatic N) is 1. The fourth-order valence-corrected chi connectivity index (χ4v) is 1.72. The Balaban J connectivity index is 4.88. The van der Waals surface area contributed by atoms with Gasteiger partial charge in [-0.1, -0.05) is 26.1 Å². The summed E-state index contributed by atoms with van der Waals surface area (Å²) in [6.07, 6.45) is 1.43. The van der Waals surface area contributed by atoms with E-state index in [2.05, 4.69) is 0 Å². The van der Waals surface area contributed by atoms with E-state index in [0.717, 1.165) is 6.42 Å². The predicted octanol–water partition coefficient (Wildman–Crippen LogP) is 0.920. The van der Waals surface area contributed by atoms with Gasteiger partial charge in [0.1, 0.15) is 0 Å². The maximum atomic E-state index is 12.3. The van der Waals surface area contributed by atoms with Crippen molar-refractivity contribution < 1.29 is 9.90 Å². The second-order valence-corrected chi connectivity index (χ2v) is 4.51. The summed E-state index contributed by atoms with van der Waals surface area (Å²) in [6.45, 7) is 6.56. The molecule has 0 aromatic rings. The molecular formula is C11H22N2O2S. The molecule has 0 radical (unpaired) electrons. The van der Waals surface area contributed by atoms with Crippen LogP contribution < -0.4 is 5.73 Å². The van der Waals surface area contributed by atoms with Crippen LogP contribution in [0.25, 0.3) is 0 Å². The molecule has 0 aliphatic carbocycles. The zero-order valence-corrected chi connectivity index (χ0v) is 11.1. The third-order valence-electron chi connectivity index (χ3n) is 2.87. The van der Waals surface area contributed by atoms with Gasteiger partial charge in [-0.3, -0.25) is 4.79 Å². The van der Waals surface area contributed by atoms with Crippen LogP contribution in [0.2, 0.25) is 0 Å². The van der Waals surface area contributed by atoms with Gasteiger partial charge in [0.05, 0.1) is 17.0 Å². The van der Waals surface area contributed by atoms with Crippen molar-refractivity contribution in [2.75, 3.05) is 19.7 Å². The topological polar surface area (TPSA) is 66.6 Å². The van der Waals surface area contributed by atoms with E-state index in [1.54, 1.807) is 11.8 Å². The Hall–Kier alpha value is -0.680. The van der Waals surface area contributed by atoms with E-state index in [-0.39, 0.29) is 17.5 Å². The average molecular weight is 246 g/mol. The molecular weight excluding hydrogens is 224 g/mol. The molecule has 0 bridgehead atoms. The first-order valence-corrected chi connectivity index (χ1v) is 6.05. The summed E-state index contributed by atoms with van der Waals surface area (Å²) in [7, 11) is 0. The number of aliphatic hydroxyl groups is 1. The maximum Gasteiger partial charge on any atom is 0.235 e. The summed E-state index contributed by atoms with van der Waals surface area (Å²) < 4.78 is 0. The summed E-state index contributed by atoms with van der Waals surface area (Å²) in [4.78, 5) is 14.1. The highest BCUT2D eigenvalue weighted by Crippen LogP contribution is 2.24. The van der Waals surface area contributed by atoms with E-state index in [4.69, 9.17) is 23.1 Å². The Morgan fingerprint density at radius 1 is 1.44 bits per heavy atom. The van der Waals surface area contributed by atoms with Gasteiger partial charge in [-0.05, 0) is 19.8 Å². The Kier molecular flexibility index (Phi) is 6.52. The van der Waals surface area contributed by atoms with Crippen LogP contribution in [0, 0.1) is 5.41 Å². The smallest absolute Gasteiger partial charge is 0.235 e. The van der Waals surface area contributed by atoms with Crippen molar-refractivity contribution in [1.29, 1.82) is 0 Å². The first-order chi connectivity index (χ1) is 7.43. The summed E-state index contributed by atoms with van der Waals surface area (Å²) >= 11 is 4.96. The summed E-state index contributed by atoms with van der Waals surface area (Å²) in [6, 6.07) is 0. The van der Waals surface area contributed by atoms with Crippen molar-refractivity contribution in [3.8, 4) is 0 Å². The number of amides is 1. The first kappa shape index (κ1) is 15.3. The van der Waals surface area contributed by atoms with Crippen LogP contribution in [0.5, 0.6) is 0 Å². The molecule has 0 aliphatic heterocycles. The van der Waals surface area contributed by atoms with Crippen LogP contribution in [-0.4, -0.2) is 40.6 Å². The molecule has 0 aliphatic rings. The summed E-state index contributed by atoms with van der Waals surface area (Å²) in [5.74, 6) is -0.0848. The highest BCUT2D eigenvalue weighted by atomic mass is 32.1. The fraction of sp³-hybridized carbons (Fsp3) is 0.818. The Morgan fingerprint density at radius 2 is 2.00 bits per heavy atom. The molecule has 0 heterocycles. The van der Waals surface area contributed by atoms with Crippen LogP contribution in [0.3, 0.4) is 0 Å². The minimum atomic E-state index is -0.792. The molecule has 0 spiro atoms. The van der Waals surface area contributed by atoms with E-state index in [1.807, 2.05) is 13.8 Å². The van der Waals surface area contributed by atoms with Crippen molar-refractivity contribution in [1.82, 2.24) is 4.90 Å². The second-order valence-electron chi connectivity index (χ2n) is 4.07. The third kappa shape index (κ3) is 3.42. The van der Waals surface area contributed by atoms with Gasteiger partial charge in [0.15, 0.2) is 0 Å². The fourth-order valence-electron chi connectivity index (χ4n) is 1.49. The van der Waals surface area contributed by atoms with E-state index in [0.29, 0.717) is 19.5 Å². The minimum Gasteiger partial charge on any atom is -0.395 e. The van der Waals surface area contributed by atoms with Gasteiger partial charge in [-0.25, -0.2) is 0 Å². The lowest BCUT2D eigenvalue weighted by Crippen LogP contribution is -2.49. The molecule has 1 amide bonds. The van der Waals surface area contributed by atoms with Crippen LogP contribution in [0.4, 0.5) is 0 Å². The van der Waals surface area contributed by atoms with E-state index >= 15 is 0 Å². The largest absolute Gasteiger partial charge is 0.395 e. The molecule has 0 fully saturated rings. The van der Waals surface area contributed by atoms with Gasteiger partial charge in [0, 0.05) is 13.1 Å². The van der Waals surface area contributed by atoms with Gasteiger partial charge in [-0.2, -0.15) is 0 Å². The number of hydrogen-bond donors (Lipinski definition) is 2. The predicted molar refractivity (Wildman–Crippen MR) is 69.1 cm³/mol. The molecule has 0 aromatic heterocycles. The standard InChI is InChI=1S/C11H22N2O2S/c1-4-6-13(7-8-14)10(15)11(3,5-2)9(12)16/h14H,4-8H2,1-3H3,(H2,12,16). The molecule has 4 nitrogen and oxygen atoms in total. The number of hydrogen-bond acceptors (Lipinski definition) is 3. The van der Waals surface area contributed by atoms with Crippen molar-refractivity contribution in [3.63, 3.8) is 0 Å². The Labute approximate surface area is 103 Å². The highest BCUT2D eigenvalue weighted by molar-refractivity contribution is 7.80. The first-order valence-electron chi connectivity index (χ1n) is 5.64. The number of thiocarbonyl (C=S) groups is 1. The molecule has 16 heavy (non-hydrogen) atoms. The van der Waals surface area contributed by atoms with Crippen molar-refractivity contribution in [2.24, 2.45) is 11.1 Å². The van der Waals surface area contributed by atoms with Crippen molar-refractivity contribution in [3.05, 3.63) is 0 Å². The van der Waals surface area contributed by atoms with Crippen molar-refractivity contribution >= 4 is 23.1 Å². The molecule has 0 saturated carbocycles.